The monoisotopic (exact) mass is 395 g/mol. The number of hydrogen-bond donors (Lipinski definition) is 2. The number of Topliss-reactive ketones (excluding diaryl/α,β-unsaturated/α-hetero) is 1. The first kappa shape index (κ1) is 25.4. The first-order valence-corrected chi connectivity index (χ1v) is 9.46. The molecule has 1 aromatic rings. The molecule has 0 aliphatic heterocycles. The third-order valence-electron chi connectivity index (χ3n) is 3.38. The largest absolute Gasteiger partial charge is 0.507 e. The van der Waals surface area contributed by atoms with Crippen LogP contribution >= 0.6 is 0 Å². The van der Waals surface area contributed by atoms with Crippen LogP contribution in [0.4, 0.5) is 4.79 Å². The number of benzene rings is 1. The van der Waals surface area contributed by atoms with E-state index in [-0.39, 0.29) is 42.1 Å². The van der Waals surface area contributed by atoms with E-state index < -0.39 is 18.1 Å². The van der Waals surface area contributed by atoms with Gasteiger partial charge in [0.15, 0.2) is 5.78 Å². The molecule has 0 heterocycles. The molecule has 1 unspecified atom stereocenters. The van der Waals surface area contributed by atoms with Crippen LogP contribution in [0, 0.1) is 5.41 Å². The Balaban J connectivity index is 0.00000352. The molecule has 0 fully saturated rings. The van der Waals surface area contributed by atoms with Crippen LogP contribution < -0.4 is 5.32 Å². The number of aromatic hydroxyl groups is 1. The lowest BCUT2D eigenvalue weighted by Crippen LogP contribution is -2.44. The Morgan fingerprint density at radius 1 is 1.14 bits per heavy atom. The molecular weight excluding hydrogens is 362 g/mol. The summed E-state index contributed by atoms with van der Waals surface area (Å²) < 4.78 is 10.1. The smallest absolute Gasteiger partial charge is 0.407 e. The number of rotatable bonds is 7. The minimum Gasteiger partial charge on any atom is -0.507 e. The van der Waals surface area contributed by atoms with E-state index in [1.54, 1.807) is 13.0 Å². The molecule has 1 rings (SSSR count). The summed E-state index contributed by atoms with van der Waals surface area (Å²) in [5.74, 6) is -1.03. The zero-order valence-corrected chi connectivity index (χ0v) is 17.9. The van der Waals surface area contributed by atoms with E-state index in [1.807, 2.05) is 34.6 Å². The molecule has 158 valence electrons. The lowest BCUT2D eigenvalue weighted by Gasteiger charge is -2.21. The van der Waals surface area contributed by atoms with Gasteiger partial charge in [-0.05, 0) is 37.0 Å². The van der Waals surface area contributed by atoms with Gasteiger partial charge in [0, 0.05) is 6.42 Å². The van der Waals surface area contributed by atoms with Gasteiger partial charge in [0.25, 0.3) is 0 Å². The van der Waals surface area contributed by atoms with Gasteiger partial charge in [-0.25, -0.2) is 9.59 Å². The highest BCUT2D eigenvalue weighted by Crippen LogP contribution is 2.20. The zero-order chi connectivity index (χ0) is 21.9. The third-order valence-corrected chi connectivity index (χ3v) is 3.38. The van der Waals surface area contributed by atoms with Crippen molar-refractivity contribution in [2.75, 3.05) is 13.2 Å². The van der Waals surface area contributed by atoms with Crippen LogP contribution in [0.1, 0.15) is 64.4 Å². The molecule has 0 aliphatic rings. The molecule has 0 aliphatic carbocycles. The van der Waals surface area contributed by atoms with E-state index in [0.717, 1.165) is 0 Å². The van der Waals surface area contributed by atoms with E-state index >= 15 is 0 Å². The molecule has 1 amide bonds. The second kappa shape index (κ2) is 12.0. The molecule has 0 saturated heterocycles. The quantitative estimate of drug-likeness (QED) is 0.537. The van der Waals surface area contributed by atoms with Gasteiger partial charge in [0.2, 0.25) is 0 Å². The molecule has 0 bridgehead atoms. The minimum atomic E-state index is -0.966. The maximum Gasteiger partial charge on any atom is 0.407 e. The number of hydrogen-bond acceptors (Lipinski definition) is 6. The van der Waals surface area contributed by atoms with E-state index in [2.05, 4.69) is 5.32 Å². The number of amides is 1. The fraction of sp³-hybridized carbons (Fsp3) is 0.571. The second-order valence-corrected chi connectivity index (χ2v) is 7.20. The van der Waals surface area contributed by atoms with Crippen molar-refractivity contribution in [1.29, 1.82) is 0 Å². The van der Waals surface area contributed by atoms with Crippen molar-refractivity contribution in [1.82, 2.24) is 5.32 Å². The molecule has 7 nitrogen and oxygen atoms in total. The van der Waals surface area contributed by atoms with Gasteiger partial charge in [-0.1, -0.05) is 40.7 Å². The van der Waals surface area contributed by atoms with Crippen molar-refractivity contribution < 1.29 is 29.0 Å². The molecule has 0 spiro atoms. The number of alkyl carbamates (subject to hydrolysis) is 1. The van der Waals surface area contributed by atoms with Crippen molar-refractivity contribution in [2.24, 2.45) is 5.41 Å². The number of carbonyl (C=O) groups excluding carboxylic acids is 3. The first-order chi connectivity index (χ1) is 13.0. The summed E-state index contributed by atoms with van der Waals surface area (Å²) in [6.45, 7) is 13.1. The van der Waals surface area contributed by atoms with Gasteiger partial charge in [0.05, 0.1) is 18.8 Å². The summed E-state index contributed by atoms with van der Waals surface area (Å²) in [4.78, 5) is 35.7. The van der Waals surface area contributed by atoms with Crippen LogP contribution in [0.2, 0.25) is 0 Å². The normalized spacial score (nSPS) is 11.5. The van der Waals surface area contributed by atoms with Gasteiger partial charge < -0.3 is 19.9 Å². The van der Waals surface area contributed by atoms with Crippen molar-refractivity contribution in [2.45, 2.75) is 60.9 Å². The Labute approximate surface area is 167 Å². The fourth-order valence-electron chi connectivity index (χ4n) is 2.13. The molecule has 0 radical (unpaired) electrons. The van der Waals surface area contributed by atoms with Crippen molar-refractivity contribution in [3.05, 3.63) is 29.3 Å². The van der Waals surface area contributed by atoms with Gasteiger partial charge in [-0.3, -0.25) is 4.79 Å². The highest BCUT2D eigenvalue weighted by molar-refractivity contribution is 5.96. The summed E-state index contributed by atoms with van der Waals surface area (Å²) in [6, 6.07) is 3.49. The average Bonchev–Trinajstić information content (AvgIpc) is 2.62. The van der Waals surface area contributed by atoms with E-state index in [4.69, 9.17) is 9.47 Å². The summed E-state index contributed by atoms with van der Waals surface area (Å²) in [7, 11) is 0. The van der Waals surface area contributed by atoms with Gasteiger partial charge in [-0.2, -0.15) is 0 Å². The predicted molar refractivity (Wildman–Crippen MR) is 108 cm³/mol. The lowest BCUT2D eigenvalue weighted by atomic mass is 9.99. The molecule has 0 aromatic heterocycles. The van der Waals surface area contributed by atoms with Crippen molar-refractivity contribution >= 4 is 17.8 Å². The van der Waals surface area contributed by atoms with Crippen LogP contribution in [-0.4, -0.2) is 42.2 Å². The molecule has 28 heavy (non-hydrogen) atoms. The molecule has 0 saturated carbocycles. The summed E-state index contributed by atoms with van der Waals surface area (Å²) in [5.41, 5.74) is 0.548. The SMILES string of the molecule is CC.CCOC(=O)C(Cc1ccc(O)c(C(C)=O)c1)NC(=O)OCC(C)(C)C. The Morgan fingerprint density at radius 3 is 2.25 bits per heavy atom. The van der Waals surface area contributed by atoms with Gasteiger partial charge in [0.1, 0.15) is 11.8 Å². The number of phenolic OH excluding ortho intramolecular Hbond substituents is 1. The Kier molecular flexibility index (Phi) is 10.9. The van der Waals surface area contributed by atoms with Crippen molar-refractivity contribution in [3.63, 3.8) is 0 Å². The topological polar surface area (TPSA) is 102 Å². The lowest BCUT2D eigenvalue weighted by molar-refractivity contribution is -0.145. The fourth-order valence-corrected chi connectivity index (χ4v) is 2.13. The second-order valence-electron chi connectivity index (χ2n) is 7.20. The molecule has 1 atom stereocenters. The van der Waals surface area contributed by atoms with Crippen molar-refractivity contribution in [3.8, 4) is 5.75 Å². The van der Waals surface area contributed by atoms with Crippen LogP contribution in [0.25, 0.3) is 0 Å². The molecule has 2 N–H and O–H groups in total. The maximum atomic E-state index is 12.2. The van der Waals surface area contributed by atoms with Crippen LogP contribution in [0.5, 0.6) is 5.75 Å². The highest BCUT2D eigenvalue weighted by atomic mass is 16.6. The van der Waals surface area contributed by atoms with Gasteiger partial charge >= 0.3 is 12.1 Å². The zero-order valence-electron chi connectivity index (χ0n) is 17.9. The third kappa shape index (κ3) is 9.39. The van der Waals surface area contributed by atoms with Crippen LogP contribution in [0.15, 0.2) is 18.2 Å². The summed E-state index contributed by atoms with van der Waals surface area (Å²) >= 11 is 0. The number of ketones is 1. The highest BCUT2D eigenvalue weighted by Gasteiger charge is 2.25. The molecular formula is C21H33NO6. The number of carbonyl (C=O) groups is 3. The Bertz CT molecular complexity index is 663. The Morgan fingerprint density at radius 2 is 1.75 bits per heavy atom. The summed E-state index contributed by atoms with van der Waals surface area (Å²) in [5, 5.41) is 12.2. The maximum absolute atomic E-state index is 12.2. The van der Waals surface area contributed by atoms with E-state index in [0.29, 0.717) is 5.56 Å². The molecule has 7 heteroatoms. The minimum absolute atomic E-state index is 0.101. The summed E-state index contributed by atoms with van der Waals surface area (Å²) in [6.07, 6.45) is -0.618. The Hall–Kier alpha value is -2.57. The number of ether oxygens (including phenoxy) is 2. The molecule has 1 aromatic carbocycles. The van der Waals surface area contributed by atoms with E-state index in [1.165, 1.54) is 19.1 Å². The van der Waals surface area contributed by atoms with Crippen LogP contribution in [-0.2, 0) is 20.7 Å². The van der Waals surface area contributed by atoms with E-state index in [9.17, 15) is 19.5 Å². The number of nitrogens with one attached hydrogen (secondary N) is 1. The average molecular weight is 395 g/mol. The number of esters is 1. The van der Waals surface area contributed by atoms with Crippen LogP contribution in [0.3, 0.4) is 0 Å². The van der Waals surface area contributed by atoms with Gasteiger partial charge in [-0.15, -0.1) is 0 Å². The predicted octanol–water partition coefficient (Wildman–Crippen LogP) is 3.87. The first-order valence-electron chi connectivity index (χ1n) is 9.46. The number of phenols is 1. The standard InChI is InChI=1S/C19H27NO6.C2H6/c1-6-25-17(23)15(20-18(24)26-11-19(3,4)5)10-13-7-8-16(22)14(9-13)12(2)21;1-2/h7-9,15,22H,6,10-11H2,1-5H3,(H,20,24);1-2H3.